The zero-order chi connectivity index (χ0) is 23.5. The lowest BCUT2D eigenvalue weighted by molar-refractivity contribution is 0.0600. The highest BCUT2D eigenvalue weighted by Crippen LogP contribution is 2.24. The molecule has 3 aromatic rings. The lowest BCUT2D eigenvalue weighted by Crippen LogP contribution is -2.26. The molecule has 166 valence electrons. The van der Waals surface area contributed by atoms with Crippen LogP contribution in [0.1, 0.15) is 26.3 Å². The number of nitrogens with one attached hydrogen (secondary N) is 1. The van der Waals surface area contributed by atoms with Gasteiger partial charge in [-0.3, -0.25) is 9.10 Å². The Morgan fingerprint density at radius 2 is 1.53 bits per heavy atom. The van der Waals surface area contributed by atoms with Crippen LogP contribution in [0.3, 0.4) is 0 Å². The molecule has 0 spiro atoms. The highest BCUT2D eigenvalue weighted by atomic mass is 35.5. The van der Waals surface area contributed by atoms with Crippen molar-refractivity contribution in [3.8, 4) is 0 Å². The fraction of sp³-hybridized carbons (Fsp3) is 0.130. The summed E-state index contributed by atoms with van der Waals surface area (Å²) in [5, 5.41) is 3.20. The molecular weight excluding hydrogens is 452 g/mol. The molecule has 0 heterocycles. The molecule has 0 bridgehead atoms. The van der Waals surface area contributed by atoms with Gasteiger partial charge in [-0.1, -0.05) is 17.7 Å². The van der Waals surface area contributed by atoms with Crippen LogP contribution >= 0.6 is 11.6 Å². The van der Waals surface area contributed by atoms with Gasteiger partial charge in [0.1, 0.15) is 0 Å². The van der Waals surface area contributed by atoms with Gasteiger partial charge in [-0.15, -0.1) is 0 Å². The maximum atomic E-state index is 12.8. The van der Waals surface area contributed by atoms with Crippen LogP contribution in [0.15, 0.2) is 71.6 Å². The molecule has 0 aliphatic carbocycles. The van der Waals surface area contributed by atoms with Gasteiger partial charge in [-0.05, 0) is 73.2 Å². The number of amides is 1. The number of esters is 1. The Labute approximate surface area is 191 Å². The van der Waals surface area contributed by atoms with Gasteiger partial charge in [0.15, 0.2) is 0 Å². The van der Waals surface area contributed by atoms with Crippen molar-refractivity contribution < 1.29 is 22.7 Å². The molecule has 0 aliphatic heterocycles. The van der Waals surface area contributed by atoms with Crippen LogP contribution in [0, 0.1) is 6.92 Å². The van der Waals surface area contributed by atoms with Crippen molar-refractivity contribution in [1.29, 1.82) is 0 Å². The average Bonchev–Trinajstić information content (AvgIpc) is 2.79. The molecule has 3 aromatic carbocycles. The molecule has 9 heteroatoms. The zero-order valence-corrected chi connectivity index (χ0v) is 19.2. The third-order valence-corrected chi connectivity index (χ3v) is 6.92. The molecule has 1 amide bonds. The average molecular weight is 473 g/mol. The maximum absolute atomic E-state index is 12.8. The van der Waals surface area contributed by atoms with E-state index >= 15 is 0 Å². The van der Waals surface area contributed by atoms with E-state index < -0.39 is 21.9 Å². The molecule has 0 aliphatic rings. The number of halogens is 1. The number of hydrogen-bond donors (Lipinski definition) is 1. The Bertz CT molecular complexity index is 1260. The van der Waals surface area contributed by atoms with Gasteiger partial charge in [-0.25, -0.2) is 13.2 Å². The highest BCUT2D eigenvalue weighted by molar-refractivity contribution is 7.92. The topological polar surface area (TPSA) is 92.8 Å². The highest BCUT2D eigenvalue weighted by Gasteiger charge is 2.21. The number of benzene rings is 3. The minimum absolute atomic E-state index is 0.104. The Kier molecular flexibility index (Phi) is 6.86. The molecule has 0 radical (unpaired) electrons. The zero-order valence-electron chi connectivity index (χ0n) is 17.6. The normalized spacial score (nSPS) is 11.0. The smallest absolute Gasteiger partial charge is 0.337 e. The van der Waals surface area contributed by atoms with Gasteiger partial charge < -0.3 is 10.1 Å². The van der Waals surface area contributed by atoms with Crippen molar-refractivity contribution in [1.82, 2.24) is 0 Å². The number of anilines is 2. The van der Waals surface area contributed by atoms with Crippen LogP contribution < -0.4 is 9.62 Å². The summed E-state index contributed by atoms with van der Waals surface area (Å²) >= 11 is 5.84. The lowest BCUT2D eigenvalue weighted by atomic mass is 10.1. The maximum Gasteiger partial charge on any atom is 0.337 e. The summed E-state index contributed by atoms with van der Waals surface area (Å²) in [6, 6.07) is 16.9. The summed E-state index contributed by atoms with van der Waals surface area (Å²) in [6.45, 7) is 1.80. The quantitative estimate of drug-likeness (QED) is 0.533. The molecule has 0 saturated heterocycles. The number of sulfonamides is 1. The monoisotopic (exact) mass is 472 g/mol. The lowest BCUT2D eigenvalue weighted by Gasteiger charge is -2.20. The predicted molar refractivity (Wildman–Crippen MR) is 124 cm³/mol. The minimum Gasteiger partial charge on any atom is -0.465 e. The third-order valence-electron chi connectivity index (χ3n) is 4.87. The van der Waals surface area contributed by atoms with E-state index in [9.17, 15) is 18.0 Å². The molecule has 7 nitrogen and oxygen atoms in total. The molecule has 0 aromatic heterocycles. The van der Waals surface area contributed by atoms with Crippen LogP contribution in [0.2, 0.25) is 5.02 Å². The summed E-state index contributed by atoms with van der Waals surface area (Å²) in [6.07, 6.45) is 0. The number of ether oxygens (including phenoxy) is 1. The van der Waals surface area contributed by atoms with E-state index in [1.807, 2.05) is 0 Å². The minimum atomic E-state index is -3.78. The summed E-state index contributed by atoms with van der Waals surface area (Å²) in [5.74, 6) is -0.903. The number of nitrogens with zero attached hydrogens (tertiary/aromatic N) is 1. The van der Waals surface area contributed by atoms with E-state index in [2.05, 4.69) is 5.32 Å². The van der Waals surface area contributed by atoms with Gasteiger partial charge >= 0.3 is 5.97 Å². The first kappa shape index (κ1) is 23.3. The first-order valence-corrected chi connectivity index (χ1v) is 11.3. The Hall–Kier alpha value is -3.36. The van der Waals surface area contributed by atoms with Crippen LogP contribution in [-0.4, -0.2) is 34.5 Å². The van der Waals surface area contributed by atoms with E-state index in [1.165, 1.54) is 50.6 Å². The van der Waals surface area contributed by atoms with E-state index in [-0.39, 0.29) is 4.90 Å². The predicted octanol–water partition coefficient (Wildman–Crippen LogP) is 4.51. The number of carbonyl (C=O) groups is 2. The first-order valence-electron chi connectivity index (χ1n) is 9.48. The Morgan fingerprint density at radius 3 is 2.12 bits per heavy atom. The summed E-state index contributed by atoms with van der Waals surface area (Å²) < 4.78 is 31.5. The summed E-state index contributed by atoms with van der Waals surface area (Å²) in [4.78, 5) is 24.5. The molecule has 0 saturated carbocycles. The van der Waals surface area contributed by atoms with Crippen LogP contribution in [0.5, 0.6) is 0 Å². The third kappa shape index (κ3) is 4.92. The van der Waals surface area contributed by atoms with Crippen LogP contribution in [0.4, 0.5) is 11.4 Å². The van der Waals surface area contributed by atoms with E-state index in [4.69, 9.17) is 16.3 Å². The molecular formula is C23H21ClN2O5S. The first-order chi connectivity index (χ1) is 15.1. The van der Waals surface area contributed by atoms with Crippen molar-refractivity contribution >= 4 is 44.9 Å². The number of hydrogen-bond acceptors (Lipinski definition) is 5. The molecule has 3 rings (SSSR count). The van der Waals surface area contributed by atoms with E-state index in [0.29, 0.717) is 27.5 Å². The largest absolute Gasteiger partial charge is 0.465 e. The second-order valence-corrected chi connectivity index (χ2v) is 9.35. The van der Waals surface area contributed by atoms with Gasteiger partial charge in [0.2, 0.25) is 0 Å². The number of rotatable bonds is 6. The Balaban J connectivity index is 1.79. The summed E-state index contributed by atoms with van der Waals surface area (Å²) in [7, 11) is -1.07. The molecule has 0 atom stereocenters. The van der Waals surface area contributed by atoms with Gasteiger partial charge in [0, 0.05) is 23.3 Å². The molecule has 1 N–H and O–H groups in total. The molecule has 32 heavy (non-hydrogen) atoms. The SMILES string of the molecule is COC(=O)c1ccc(C)c(NC(=O)c2ccc(N(C)S(=O)(=O)c3ccc(Cl)cc3)cc2)c1. The number of carbonyl (C=O) groups excluding carboxylic acids is 2. The van der Waals surface area contributed by atoms with Crippen molar-refractivity contribution in [3.63, 3.8) is 0 Å². The Morgan fingerprint density at radius 1 is 0.938 bits per heavy atom. The van der Waals surface area contributed by atoms with E-state index in [0.717, 1.165) is 9.87 Å². The van der Waals surface area contributed by atoms with Crippen LogP contribution in [-0.2, 0) is 14.8 Å². The van der Waals surface area contributed by atoms with Crippen molar-refractivity contribution in [2.75, 3.05) is 23.8 Å². The number of methoxy groups -OCH3 is 1. The summed E-state index contributed by atoms with van der Waals surface area (Å²) in [5.41, 5.74) is 2.29. The van der Waals surface area contributed by atoms with Crippen molar-refractivity contribution in [3.05, 3.63) is 88.4 Å². The van der Waals surface area contributed by atoms with Gasteiger partial charge in [-0.2, -0.15) is 0 Å². The van der Waals surface area contributed by atoms with Crippen LogP contribution in [0.25, 0.3) is 0 Å². The van der Waals surface area contributed by atoms with Crippen molar-refractivity contribution in [2.24, 2.45) is 0 Å². The van der Waals surface area contributed by atoms with E-state index in [1.54, 1.807) is 37.3 Å². The molecule has 0 unspecified atom stereocenters. The van der Waals surface area contributed by atoms with Gasteiger partial charge in [0.05, 0.1) is 23.3 Å². The molecule has 0 fully saturated rings. The second kappa shape index (κ2) is 9.42. The fourth-order valence-electron chi connectivity index (χ4n) is 2.92. The van der Waals surface area contributed by atoms with Crippen molar-refractivity contribution in [2.45, 2.75) is 11.8 Å². The number of aryl methyl sites for hydroxylation is 1. The second-order valence-electron chi connectivity index (χ2n) is 6.95. The van der Waals surface area contributed by atoms with Gasteiger partial charge in [0.25, 0.3) is 15.9 Å². The fourth-order valence-corrected chi connectivity index (χ4v) is 4.24. The standard InChI is InChI=1S/C23H21ClN2O5S/c1-15-4-5-17(23(28)31-3)14-21(15)25-22(27)16-6-10-19(11-7-16)26(2)32(29,30)20-12-8-18(24)9-13-20/h4-14H,1-3H3,(H,25,27).